The third-order valence-corrected chi connectivity index (χ3v) is 5.51. The van der Waals surface area contributed by atoms with Crippen molar-refractivity contribution < 1.29 is 14.0 Å². The van der Waals surface area contributed by atoms with Crippen LogP contribution in [-0.4, -0.2) is 48.7 Å². The van der Waals surface area contributed by atoms with Crippen molar-refractivity contribution in [3.8, 4) is 0 Å². The second kappa shape index (κ2) is 9.13. The van der Waals surface area contributed by atoms with Gasteiger partial charge in [0, 0.05) is 6.54 Å². The van der Waals surface area contributed by atoms with E-state index in [1.165, 1.54) is 11.4 Å². The number of aryl methyl sites for hydroxylation is 1. The summed E-state index contributed by atoms with van der Waals surface area (Å²) in [6, 6.07) is 11.3. The van der Waals surface area contributed by atoms with E-state index < -0.39 is 0 Å². The van der Waals surface area contributed by atoms with Gasteiger partial charge >= 0.3 is 0 Å². The van der Waals surface area contributed by atoms with Crippen LogP contribution in [0.2, 0.25) is 0 Å². The van der Waals surface area contributed by atoms with E-state index >= 15 is 0 Å². The van der Waals surface area contributed by atoms with Crippen LogP contribution in [0.25, 0.3) is 0 Å². The van der Waals surface area contributed by atoms with Gasteiger partial charge in [-0.25, -0.2) is 5.01 Å². The Balaban J connectivity index is 1.42. The minimum atomic E-state index is -0.340. The summed E-state index contributed by atoms with van der Waals surface area (Å²) >= 11 is 0. The quantitative estimate of drug-likeness (QED) is 0.763. The van der Waals surface area contributed by atoms with E-state index in [-0.39, 0.29) is 30.2 Å². The number of anilines is 1. The van der Waals surface area contributed by atoms with E-state index in [0.717, 1.165) is 37.3 Å². The highest BCUT2D eigenvalue weighted by Gasteiger charge is 2.28. The van der Waals surface area contributed by atoms with Crippen molar-refractivity contribution in [2.24, 2.45) is 4.99 Å². The summed E-state index contributed by atoms with van der Waals surface area (Å²) in [6.07, 6.45) is 5.18. The Labute approximate surface area is 175 Å². The molecule has 1 aromatic heterocycles. The number of hydrogen-bond acceptors (Lipinski definition) is 6. The number of amides is 2. The Morgan fingerprint density at radius 3 is 2.67 bits per heavy atom. The highest BCUT2D eigenvalue weighted by atomic mass is 16.3. The molecule has 4 rings (SSSR count). The van der Waals surface area contributed by atoms with Crippen LogP contribution in [0.5, 0.6) is 0 Å². The summed E-state index contributed by atoms with van der Waals surface area (Å²) in [7, 11) is 0. The Morgan fingerprint density at radius 2 is 1.97 bits per heavy atom. The molecule has 0 bridgehead atoms. The molecule has 2 N–H and O–H groups in total. The number of carbonyl (C=O) groups is 2. The molecule has 1 saturated heterocycles. The van der Waals surface area contributed by atoms with E-state index in [1.54, 1.807) is 6.26 Å². The molecule has 30 heavy (non-hydrogen) atoms. The van der Waals surface area contributed by atoms with Crippen molar-refractivity contribution >= 4 is 23.3 Å². The molecule has 2 aliphatic rings. The summed E-state index contributed by atoms with van der Waals surface area (Å²) < 4.78 is 5.63. The topological polar surface area (TPSA) is 90.2 Å². The van der Waals surface area contributed by atoms with E-state index in [4.69, 9.17) is 4.42 Å². The van der Waals surface area contributed by atoms with Gasteiger partial charge in [-0.15, -0.1) is 0 Å². The molecule has 2 aliphatic heterocycles. The van der Waals surface area contributed by atoms with Crippen molar-refractivity contribution in [3.05, 3.63) is 54.0 Å². The molecule has 1 unspecified atom stereocenters. The average Bonchev–Trinajstić information content (AvgIpc) is 3.30. The van der Waals surface area contributed by atoms with Gasteiger partial charge in [-0.1, -0.05) is 24.1 Å². The standard InChI is InChI=1S/C22H27N5O3/c1-16-7-9-17(10-8-16)27-20(28)15-23-21(25-27)22(29)24-14-18(19-6-5-13-30-19)26-11-3-2-4-12-26/h5-10,13,18H,2-4,11-12,14-15H2,1H3,(H,23,25)(H,24,29). The van der Waals surface area contributed by atoms with Gasteiger partial charge in [-0.3, -0.25) is 24.9 Å². The molecule has 1 fully saturated rings. The van der Waals surface area contributed by atoms with Crippen LogP contribution in [0.1, 0.15) is 36.6 Å². The van der Waals surface area contributed by atoms with Crippen LogP contribution in [0, 0.1) is 6.92 Å². The highest BCUT2D eigenvalue weighted by Crippen LogP contribution is 2.24. The number of amidine groups is 1. The molecule has 0 spiro atoms. The first kappa shape index (κ1) is 20.2. The maximum Gasteiger partial charge on any atom is 0.288 e. The lowest BCUT2D eigenvalue weighted by molar-refractivity contribution is -0.118. The van der Waals surface area contributed by atoms with Crippen LogP contribution in [-0.2, 0) is 9.59 Å². The zero-order chi connectivity index (χ0) is 20.9. The number of furan rings is 1. The average molecular weight is 409 g/mol. The van der Waals surface area contributed by atoms with Crippen molar-refractivity contribution in [1.82, 2.24) is 15.6 Å². The first-order valence-corrected chi connectivity index (χ1v) is 10.4. The first-order chi connectivity index (χ1) is 14.6. The Morgan fingerprint density at radius 1 is 1.20 bits per heavy atom. The number of benzene rings is 1. The van der Waals surface area contributed by atoms with E-state index in [1.807, 2.05) is 43.3 Å². The fourth-order valence-electron chi connectivity index (χ4n) is 3.84. The van der Waals surface area contributed by atoms with Crippen LogP contribution < -0.4 is 15.8 Å². The van der Waals surface area contributed by atoms with Gasteiger partial charge < -0.3 is 9.73 Å². The zero-order valence-corrected chi connectivity index (χ0v) is 17.1. The minimum absolute atomic E-state index is 0.0247. The summed E-state index contributed by atoms with van der Waals surface area (Å²) in [6.45, 7) is 4.28. The number of piperidine rings is 1. The van der Waals surface area contributed by atoms with Gasteiger partial charge in [-0.05, 0) is 57.1 Å². The molecule has 0 aliphatic carbocycles. The third-order valence-electron chi connectivity index (χ3n) is 5.51. The van der Waals surface area contributed by atoms with Crippen molar-refractivity contribution in [1.29, 1.82) is 0 Å². The maximum atomic E-state index is 12.8. The molecule has 0 radical (unpaired) electrons. The predicted molar refractivity (Wildman–Crippen MR) is 114 cm³/mol. The Kier molecular flexibility index (Phi) is 6.13. The number of likely N-dealkylation sites (tertiary alicyclic amines) is 1. The number of hydrogen-bond donors (Lipinski definition) is 2. The summed E-state index contributed by atoms with van der Waals surface area (Å²) in [5, 5.41) is 4.33. The lowest BCUT2D eigenvalue weighted by Crippen LogP contribution is -2.56. The second-order valence-corrected chi connectivity index (χ2v) is 7.68. The lowest BCUT2D eigenvalue weighted by Gasteiger charge is -2.33. The predicted octanol–water partition coefficient (Wildman–Crippen LogP) is 2.18. The fourth-order valence-corrected chi connectivity index (χ4v) is 3.84. The number of rotatable bonds is 6. The molecular formula is C22H27N5O3. The number of carbonyl (C=O) groups excluding carboxylic acids is 2. The van der Waals surface area contributed by atoms with Crippen LogP contribution in [0.4, 0.5) is 5.69 Å². The lowest BCUT2D eigenvalue weighted by atomic mass is 10.1. The largest absolute Gasteiger partial charge is 0.468 e. The van der Waals surface area contributed by atoms with Gasteiger partial charge in [0.1, 0.15) is 12.3 Å². The van der Waals surface area contributed by atoms with Crippen molar-refractivity contribution in [2.75, 3.05) is 31.2 Å². The summed E-state index contributed by atoms with van der Waals surface area (Å²) in [5.74, 6) is 0.421. The molecule has 0 saturated carbocycles. The van der Waals surface area contributed by atoms with Crippen LogP contribution >= 0.6 is 0 Å². The fraction of sp³-hybridized carbons (Fsp3) is 0.409. The molecule has 2 aromatic rings. The first-order valence-electron chi connectivity index (χ1n) is 10.4. The number of aliphatic imine (C=N–C) groups is 1. The molecule has 8 nitrogen and oxygen atoms in total. The number of hydrazine groups is 1. The van der Waals surface area contributed by atoms with E-state index in [2.05, 4.69) is 20.6 Å². The van der Waals surface area contributed by atoms with Crippen LogP contribution in [0.15, 0.2) is 52.1 Å². The molecule has 2 amide bonds. The summed E-state index contributed by atoms with van der Waals surface area (Å²) in [4.78, 5) is 31.6. The highest BCUT2D eigenvalue weighted by molar-refractivity contribution is 6.39. The molecule has 1 aromatic carbocycles. The molecule has 8 heteroatoms. The zero-order valence-electron chi connectivity index (χ0n) is 17.1. The van der Waals surface area contributed by atoms with Gasteiger partial charge in [0.15, 0.2) is 0 Å². The van der Waals surface area contributed by atoms with Gasteiger partial charge in [0.2, 0.25) is 5.84 Å². The molecule has 158 valence electrons. The monoisotopic (exact) mass is 409 g/mol. The Bertz CT molecular complexity index is 901. The van der Waals surface area contributed by atoms with Gasteiger partial charge in [0.05, 0.1) is 18.0 Å². The SMILES string of the molecule is Cc1ccc(N2NC(C(=O)NCC(c3ccco3)N3CCCCC3)=NCC2=O)cc1. The number of nitrogens with zero attached hydrogens (tertiary/aromatic N) is 3. The molecular weight excluding hydrogens is 382 g/mol. The molecule has 1 atom stereocenters. The Hall–Kier alpha value is -3.13. The van der Waals surface area contributed by atoms with Crippen molar-refractivity contribution in [2.45, 2.75) is 32.2 Å². The molecule has 3 heterocycles. The third kappa shape index (κ3) is 4.54. The van der Waals surface area contributed by atoms with E-state index in [9.17, 15) is 9.59 Å². The summed E-state index contributed by atoms with van der Waals surface area (Å²) in [5.41, 5.74) is 4.63. The normalized spacial score (nSPS) is 18.5. The second-order valence-electron chi connectivity index (χ2n) is 7.68. The smallest absolute Gasteiger partial charge is 0.288 e. The van der Waals surface area contributed by atoms with Gasteiger partial charge in [0.25, 0.3) is 11.8 Å². The van der Waals surface area contributed by atoms with Crippen molar-refractivity contribution in [3.63, 3.8) is 0 Å². The number of nitrogens with one attached hydrogen (secondary N) is 2. The van der Waals surface area contributed by atoms with E-state index in [0.29, 0.717) is 12.2 Å². The van der Waals surface area contributed by atoms with Crippen LogP contribution in [0.3, 0.4) is 0 Å². The minimum Gasteiger partial charge on any atom is -0.468 e. The van der Waals surface area contributed by atoms with Gasteiger partial charge in [-0.2, -0.15) is 0 Å². The maximum absolute atomic E-state index is 12.8.